The molecule has 0 aromatic heterocycles. The summed E-state index contributed by atoms with van der Waals surface area (Å²) < 4.78 is 64.8. The normalized spacial score (nSPS) is 19.5. The summed E-state index contributed by atoms with van der Waals surface area (Å²) in [7, 11) is -4.10. The van der Waals surface area contributed by atoms with Gasteiger partial charge in [-0.15, -0.1) is 12.4 Å². The van der Waals surface area contributed by atoms with Crippen LogP contribution in [-0.2, 0) is 16.2 Å². The van der Waals surface area contributed by atoms with Gasteiger partial charge in [0.1, 0.15) is 4.90 Å². The predicted octanol–water partition coefficient (Wildman–Crippen LogP) is 2.81. The molecular formula is C12H15Cl2F3N2O2S. The fourth-order valence-electron chi connectivity index (χ4n) is 2.12. The molecule has 1 aliphatic rings. The molecule has 0 radical (unpaired) electrons. The monoisotopic (exact) mass is 378 g/mol. The smallest absolute Gasteiger partial charge is 0.315 e. The lowest BCUT2D eigenvalue weighted by atomic mass is 10.1. The number of alkyl halides is 3. The van der Waals surface area contributed by atoms with Gasteiger partial charge in [0.05, 0.1) is 10.6 Å². The van der Waals surface area contributed by atoms with E-state index in [1.54, 1.807) is 0 Å². The van der Waals surface area contributed by atoms with Crippen LogP contribution in [0, 0.1) is 0 Å². The molecule has 0 saturated carbocycles. The Morgan fingerprint density at radius 2 is 2.00 bits per heavy atom. The van der Waals surface area contributed by atoms with Crippen LogP contribution in [0.15, 0.2) is 23.1 Å². The van der Waals surface area contributed by atoms with E-state index in [4.69, 9.17) is 11.6 Å². The summed E-state index contributed by atoms with van der Waals surface area (Å²) in [6.45, 7) is 1.23. The maximum atomic E-state index is 12.7. The molecule has 0 bridgehead atoms. The molecule has 1 aromatic carbocycles. The van der Waals surface area contributed by atoms with E-state index in [0.717, 1.165) is 25.1 Å². The van der Waals surface area contributed by atoms with Gasteiger partial charge in [-0.1, -0.05) is 11.6 Å². The van der Waals surface area contributed by atoms with Gasteiger partial charge in [0.15, 0.2) is 0 Å². The van der Waals surface area contributed by atoms with Gasteiger partial charge in [-0.05, 0) is 37.6 Å². The average molecular weight is 379 g/mol. The van der Waals surface area contributed by atoms with Gasteiger partial charge < -0.3 is 5.32 Å². The molecule has 22 heavy (non-hydrogen) atoms. The maximum absolute atomic E-state index is 12.7. The van der Waals surface area contributed by atoms with E-state index < -0.39 is 26.7 Å². The second kappa shape index (κ2) is 7.35. The van der Waals surface area contributed by atoms with Gasteiger partial charge in [0.25, 0.3) is 0 Å². The van der Waals surface area contributed by atoms with Gasteiger partial charge in [0, 0.05) is 12.6 Å². The van der Waals surface area contributed by atoms with Crippen molar-refractivity contribution in [3.05, 3.63) is 28.8 Å². The zero-order valence-corrected chi connectivity index (χ0v) is 13.7. The molecule has 1 fully saturated rings. The van der Waals surface area contributed by atoms with Gasteiger partial charge >= 0.3 is 6.18 Å². The number of benzene rings is 1. The maximum Gasteiger partial charge on any atom is 0.416 e. The third-order valence-corrected chi connectivity index (χ3v) is 5.17. The lowest BCUT2D eigenvalue weighted by molar-refractivity contribution is -0.137. The van der Waals surface area contributed by atoms with Crippen molar-refractivity contribution in [2.24, 2.45) is 0 Å². The molecule has 4 nitrogen and oxygen atoms in total. The summed E-state index contributed by atoms with van der Waals surface area (Å²) in [5.74, 6) is 0. The molecule has 0 spiro atoms. The molecule has 0 amide bonds. The standard InChI is InChI=1S/C12H14ClF3N2O2S.ClH/c13-10-4-3-8(12(14,15)16)6-11(10)21(19,20)18-9-2-1-5-17-7-9;/h3-4,6,9,17-18H,1-2,5,7H2;1H/t9-;/m1./s1. The van der Waals surface area contributed by atoms with E-state index in [0.29, 0.717) is 19.0 Å². The van der Waals surface area contributed by atoms with Crippen LogP contribution in [0.25, 0.3) is 0 Å². The van der Waals surface area contributed by atoms with Crippen molar-refractivity contribution >= 4 is 34.0 Å². The fraction of sp³-hybridized carbons (Fsp3) is 0.500. The summed E-state index contributed by atoms with van der Waals surface area (Å²) in [6.07, 6.45) is -3.20. The van der Waals surface area contributed by atoms with Crippen molar-refractivity contribution in [1.29, 1.82) is 0 Å². The molecule has 1 heterocycles. The third-order valence-electron chi connectivity index (χ3n) is 3.17. The first kappa shape index (κ1) is 19.5. The Bertz CT molecular complexity index is 617. The quantitative estimate of drug-likeness (QED) is 0.849. The number of piperidine rings is 1. The highest BCUT2D eigenvalue weighted by atomic mass is 35.5. The summed E-state index contributed by atoms with van der Waals surface area (Å²) in [5.41, 5.74) is -1.05. The van der Waals surface area contributed by atoms with Crippen LogP contribution in [0.1, 0.15) is 18.4 Å². The van der Waals surface area contributed by atoms with Crippen molar-refractivity contribution in [3.63, 3.8) is 0 Å². The largest absolute Gasteiger partial charge is 0.416 e. The van der Waals surface area contributed by atoms with Crippen LogP contribution in [0.3, 0.4) is 0 Å². The lowest BCUT2D eigenvalue weighted by Crippen LogP contribution is -2.45. The highest BCUT2D eigenvalue weighted by Crippen LogP contribution is 2.33. The zero-order chi connectivity index (χ0) is 15.7. The van der Waals surface area contributed by atoms with E-state index in [1.165, 1.54) is 0 Å². The first-order chi connectivity index (χ1) is 9.70. The van der Waals surface area contributed by atoms with Crippen LogP contribution < -0.4 is 10.0 Å². The summed E-state index contributed by atoms with van der Waals surface area (Å²) in [6, 6.07) is 1.90. The Balaban J connectivity index is 0.00000242. The van der Waals surface area contributed by atoms with Crippen molar-refractivity contribution in [2.75, 3.05) is 13.1 Å². The Morgan fingerprint density at radius 1 is 1.32 bits per heavy atom. The number of nitrogens with one attached hydrogen (secondary N) is 2. The number of rotatable bonds is 3. The molecule has 0 aliphatic carbocycles. The number of hydrogen-bond donors (Lipinski definition) is 2. The van der Waals surface area contributed by atoms with Crippen LogP contribution in [0.2, 0.25) is 5.02 Å². The highest BCUT2D eigenvalue weighted by molar-refractivity contribution is 7.89. The summed E-state index contributed by atoms with van der Waals surface area (Å²) in [5, 5.41) is 2.78. The molecule has 0 unspecified atom stereocenters. The molecule has 1 saturated heterocycles. The Labute approximate surface area is 137 Å². The Hall–Kier alpha value is -0.540. The topological polar surface area (TPSA) is 58.2 Å². The van der Waals surface area contributed by atoms with E-state index in [-0.39, 0.29) is 23.5 Å². The minimum Gasteiger partial charge on any atom is -0.315 e. The van der Waals surface area contributed by atoms with Crippen LogP contribution in [0.5, 0.6) is 0 Å². The first-order valence-corrected chi connectivity index (χ1v) is 8.16. The van der Waals surface area contributed by atoms with Gasteiger partial charge in [-0.3, -0.25) is 0 Å². The minimum atomic E-state index is -4.62. The fourth-order valence-corrected chi connectivity index (χ4v) is 3.92. The highest BCUT2D eigenvalue weighted by Gasteiger charge is 2.33. The van der Waals surface area contributed by atoms with E-state index in [1.807, 2.05) is 0 Å². The molecule has 1 atom stereocenters. The average Bonchev–Trinajstić information content (AvgIpc) is 2.38. The molecular weight excluding hydrogens is 364 g/mol. The van der Waals surface area contributed by atoms with E-state index in [9.17, 15) is 21.6 Å². The van der Waals surface area contributed by atoms with Gasteiger partial charge in [-0.25, -0.2) is 13.1 Å². The second-order valence-electron chi connectivity index (χ2n) is 4.81. The lowest BCUT2D eigenvalue weighted by Gasteiger charge is -2.24. The zero-order valence-electron chi connectivity index (χ0n) is 11.3. The number of hydrogen-bond acceptors (Lipinski definition) is 3. The Kier molecular flexibility index (Phi) is 6.52. The van der Waals surface area contributed by atoms with Crippen LogP contribution >= 0.6 is 24.0 Å². The number of sulfonamides is 1. The van der Waals surface area contributed by atoms with Gasteiger partial charge in [0.2, 0.25) is 10.0 Å². The minimum absolute atomic E-state index is 0. The van der Waals surface area contributed by atoms with Crippen LogP contribution in [-0.4, -0.2) is 27.5 Å². The molecule has 2 rings (SSSR count). The molecule has 1 aliphatic heterocycles. The SMILES string of the molecule is Cl.O=S(=O)(N[C@@H]1CCCNC1)c1cc(C(F)(F)F)ccc1Cl. The summed E-state index contributed by atoms with van der Waals surface area (Å²) in [4.78, 5) is -0.551. The van der Waals surface area contributed by atoms with Crippen molar-refractivity contribution in [1.82, 2.24) is 10.0 Å². The summed E-state index contributed by atoms with van der Waals surface area (Å²) >= 11 is 5.75. The number of halogens is 5. The second-order valence-corrected chi connectivity index (χ2v) is 6.90. The first-order valence-electron chi connectivity index (χ1n) is 6.30. The van der Waals surface area contributed by atoms with E-state index in [2.05, 4.69) is 10.0 Å². The van der Waals surface area contributed by atoms with Crippen molar-refractivity contribution in [3.8, 4) is 0 Å². The van der Waals surface area contributed by atoms with Crippen LogP contribution in [0.4, 0.5) is 13.2 Å². The van der Waals surface area contributed by atoms with Gasteiger partial charge in [-0.2, -0.15) is 13.2 Å². The van der Waals surface area contributed by atoms with E-state index >= 15 is 0 Å². The predicted molar refractivity (Wildman–Crippen MR) is 79.9 cm³/mol. The third kappa shape index (κ3) is 4.73. The Morgan fingerprint density at radius 3 is 2.55 bits per heavy atom. The van der Waals surface area contributed by atoms with Crippen molar-refractivity contribution in [2.45, 2.75) is 30.0 Å². The molecule has 2 N–H and O–H groups in total. The molecule has 126 valence electrons. The molecule has 1 aromatic rings. The molecule has 10 heteroatoms. The van der Waals surface area contributed by atoms with Crippen molar-refractivity contribution < 1.29 is 21.6 Å².